The summed E-state index contributed by atoms with van der Waals surface area (Å²) in [5.41, 5.74) is 1.96. The molecule has 0 atom stereocenters. The van der Waals surface area contributed by atoms with E-state index in [-0.39, 0.29) is 11.1 Å². The van der Waals surface area contributed by atoms with Crippen molar-refractivity contribution in [2.75, 3.05) is 0 Å². The van der Waals surface area contributed by atoms with Gasteiger partial charge in [0.05, 0.1) is 27.0 Å². The van der Waals surface area contributed by atoms with E-state index in [1.807, 2.05) is 24.3 Å². The van der Waals surface area contributed by atoms with E-state index in [1.165, 1.54) is 6.92 Å². The number of aromatic nitrogens is 1. The van der Waals surface area contributed by atoms with Crippen molar-refractivity contribution in [2.24, 2.45) is 0 Å². The van der Waals surface area contributed by atoms with Crippen molar-refractivity contribution in [3.05, 3.63) is 79.0 Å². The molecule has 0 aliphatic heterocycles. The van der Waals surface area contributed by atoms with E-state index in [1.54, 1.807) is 4.57 Å². The second-order valence-electron chi connectivity index (χ2n) is 6.94. The Balaban J connectivity index is 1.99. The molecule has 0 amide bonds. The Morgan fingerprint density at radius 2 is 1.75 bits per heavy atom. The van der Waals surface area contributed by atoms with Crippen LogP contribution in [0, 0.1) is 27.2 Å². The average Bonchev–Trinajstić information content (AvgIpc) is 3.01. The van der Waals surface area contributed by atoms with E-state index >= 15 is 0 Å². The number of fused-ring (bicyclic) bond motifs is 3. The van der Waals surface area contributed by atoms with E-state index in [0.29, 0.717) is 0 Å². The number of carbonyl (C=O) groups excluding carboxylic acids is 1. The standard InChI is InChI=1S/C20H17N3O5/c1-12-16(10-13(22(25)26)11-19(12)23(27)28)20(24)21-17-8-4-2-6-14(17)15-7-3-5-9-18(15)21/h2,4,6,8,10-11H,3,5,7,9H2,1H3. The van der Waals surface area contributed by atoms with Gasteiger partial charge < -0.3 is 0 Å². The fourth-order valence-corrected chi connectivity index (χ4v) is 4.05. The number of benzene rings is 2. The van der Waals surface area contributed by atoms with Gasteiger partial charge in [0.1, 0.15) is 0 Å². The first kappa shape index (κ1) is 17.8. The lowest BCUT2D eigenvalue weighted by Gasteiger charge is -2.16. The summed E-state index contributed by atoms with van der Waals surface area (Å²) in [6, 6.07) is 9.58. The molecule has 0 saturated carbocycles. The van der Waals surface area contributed by atoms with Crippen molar-refractivity contribution in [2.45, 2.75) is 32.6 Å². The Labute approximate surface area is 159 Å². The summed E-state index contributed by atoms with van der Waals surface area (Å²) in [6.07, 6.45) is 3.58. The number of aryl methyl sites for hydroxylation is 1. The monoisotopic (exact) mass is 379 g/mol. The maximum absolute atomic E-state index is 13.5. The van der Waals surface area contributed by atoms with Crippen LogP contribution in [0.3, 0.4) is 0 Å². The molecule has 142 valence electrons. The highest BCUT2D eigenvalue weighted by atomic mass is 16.6. The quantitative estimate of drug-likeness (QED) is 0.497. The summed E-state index contributed by atoms with van der Waals surface area (Å²) in [5.74, 6) is -0.469. The highest BCUT2D eigenvalue weighted by molar-refractivity contribution is 6.05. The first-order valence-corrected chi connectivity index (χ1v) is 8.99. The van der Waals surface area contributed by atoms with Gasteiger partial charge in [-0.3, -0.25) is 29.6 Å². The normalized spacial score (nSPS) is 13.3. The lowest BCUT2D eigenvalue weighted by molar-refractivity contribution is -0.394. The van der Waals surface area contributed by atoms with Crippen LogP contribution in [0.15, 0.2) is 36.4 Å². The third-order valence-electron chi connectivity index (χ3n) is 5.38. The fourth-order valence-electron chi connectivity index (χ4n) is 4.05. The van der Waals surface area contributed by atoms with Crippen LogP contribution >= 0.6 is 0 Å². The number of non-ortho nitro benzene ring substituents is 1. The van der Waals surface area contributed by atoms with E-state index < -0.39 is 27.1 Å². The minimum atomic E-state index is -0.716. The van der Waals surface area contributed by atoms with Gasteiger partial charge >= 0.3 is 0 Å². The number of rotatable bonds is 3. The van der Waals surface area contributed by atoms with Crippen molar-refractivity contribution < 1.29 is 14.6 Å². The van der Waals surface area contributed by atoms with Crippen molar-refractivity contribution in [3.63, 3.8) is 0 Å². The summed E-state index contributed by atoms with van der Waals surface area (Å²) in [4.78, 5) is 34.7. The molecule has 3 aromatic rings. The van der Waals surface area contributed by atoms with Crippen LogP contribution in [-0.4, -0.2) is 20.3 Å². The molecular formula is C20H17N3O5. The van der Waals surface area contributed by atoms with Gasteiger partial charge in [0.2, 0.25) is 0 Å². The molecule has 8 nitrogen and oxygen atoms in total. The number of nitro groups is 2. The molecule has 0 saturated heterocycles. The molecule has 8 heteroatoms. The van der Waals surface area contributed by atoms with Crippen LogP contribution < -0.4 is 0 Å². The van der Waals surface area contributed by atoms with E-state index in [2.05, 4.69) is 0 Å². The number of carbonyl (C=O) groups is 1. The number of hydrogen-bond donors (Lipinski definition) is 0. The molecule has 1 aliphatic carbocycles. The van der Waals surface area contributed by atoms with Crippen LogP contribution in [-0.2, 0) is 12.8 Å². The molecule has 2 aromatic carbocycles. The fraction of sp³-hybridized carbons (Fsp3) is 0.250. The second kappa shape index (κ2) is 6.56. The summed E-state index contributed by atoms with van der Waals surface area (Å²) >= 11 is 0. The molecule has 1 heterocycles. The van der Waals surface area contributed by atoms with Gasteiger partial charge in [-0.2, -0.15) is 0 Å². The maximum atomic E-state index is 13.5. The molecule has 0 unspecified atom stereocenters. The Morgan fingerprint density at radius 3 is 2.46 bits per heavy atom. The average molecular weight is 379 g/mol. The largest absolute Gasteiger partial charge is 0.280 e. The van der Waals surface area contributed by atoms with Gasteiger partial charge in [0.15, 0.2) is 0 Å². The highest BCUT2D eigenvalue weighted by Crippen LogP contribution is 2.34. The number of hydrogen-bond acceptors (Lipinski definition) is 5. The van der Waals surface area contributed by atoms with Crippen molar-refractivity contribution in [3.8, 4) is 0 Å². The second-order valence-corrected chi connectivity index (χ2v) is 6.94. The Bertz CT molecular complexity index is 1160. The van der Waals surface area contributed by atoms with Gasteiger partial charge in [-0.1, -0.05) is 18.2 Å². The Hall–Kier alpha value is -3.55. The van der Waals surface area contributed by atoms with E-state index in [4.69, 9.17) is 0 Å². The molecule has 0 spiro atoms. The van der Waals surface area contributed by atoms with Crippen molar-refractivity contribution in [1.29, 1.82) is 0 Å². The highest BCUT2D eigenvalue weighted by Gasteiger charge is 2.29. The molecule has 0 fully saturated rings. The van der Waals surface area contributed by atoms with Crippen LogP contribution in [0.1, 0.15) is 40.0 Å². The third kappa shape index (κ3) is 2.65. The lowest BCUT2D eigenvalue weighted by atomic mass is 9.95. The molecule has 28 heavy (non-hydrogen) atoms. The third-order valence-corrected chi connectivity index (χ3v) is 5.38. The van der Waals surface area contributed by atoms with Gasteiger partial charge in [0.25, 0.3) is 17.3 Å². The minimum absolute atomic E-state index is 0.0185. The van der Waals surface area contributed by atoms with Gasteiger partial charge in [0, 0.05) is 22.7 Å². The first-order chi connectivity index (χ1) is 13.4. The predicted octanol–water partition coefficient (Wildman–Crippen LogP) is 4.33. The number of para-hydroxylation sites is 1. The minimum Gasteiger partial charge on any atom is -0.280 e. The Kier molecular flexibility index (Phi) is 4.18. The predicted molar refractivity (Wildman–Crippen MR) is 103 cm³/mol. The molecular weight excluding hydrogens is 362 g/mol. The summed E-state index contributed by atoms with van der Waals surface area (Å²) in [7, 11) is 0. The smallest absolute Gasteiger partial charge is 0.279 e. The van der Waals surface area contributed by atoms with Gasteiger partial charge in [-0.25, -0.2) is 0 Å². The zero-order chi connectivity index (χ0) is 20.0. The Morgan fingerprint density at radius 1 is 1.04 bits per heavy atom. The van der Waals surface area contributed by atoms with Crippen molar-refractivity contribution in [1.82, 2.24) is 4.57 Å². The van der Waals surface area contributed by atoms with E-state index in [9.17, 15) is 25.0 Å². The molecule has 1 aliphatic rings. The number of nitro benzene ring substituents is 2. The maximum Gasteiger partial charge on any atom is 0.279 e. The first-order valence-electron chi connectivity index (χ1n) is 8.99. The van der Waals surface area contributed by atoms with Crippen molar-refractivity contribution >= 4 is 28.2 Å². The van der Waals surface area contributed by atoms with Crippen LogP contribution in [0.2, 0.25) is 0 Å². The van der Waals surface area contributed by atoms with Gasteiger partial charge in [-0.15, -0.1) is 0 Å². The molecule has 4 rings (SSSR count). The summed E-state index contributed by atoms with van der Waals surface area (Å²) in [6.45, 7) is 1.45. The molecule has 0 N–H and O–H groups in total. The SMILES string of the molecule is Cc1c(C(=O)n2c3c(c4ccccc42)CCCC3)cc([N+](=O)[O-])cc1[N+](=O)[O-]. The molecule has 0 radical (unpaired) electrons. The van der Waals surface area contributed by atoms with Crippen LogP contribution in [0.4, 0.5) is 11.4 Å². The zero-order valence-electron chi connectivity index (χ0n) is 15.2. The zero-order valence-corrected chi connectivity index (χ0v) is 15.2. The number of nitrogens with zero attached hydrogens (tertiary/aromatic N) is 3. The summed E-state index contributed by atoms with van der Waals surface area (Å²) in [5, 5.41) is 23.6. The lowest BCUT2D eigenvalue weighted by Crippen LogP contribution is -2.18. The molecule has 1 aromatic heterocycles. The topological polar surface area (TPSA) is 108 Å². The van der Waals surface area contributed by atoms with Crippen LogP contribution in [0.5, 0.6) is 0 Å². The molecule has 0 bridgehead atoms. The van der Waals surface area contributed by atoms with Gasteiger partial charge in [-0.05, 0) is 44.2 Å². The summed E-state index contributed by atoms with van der Waals surface area (Å²) < 4.78 is 1.58. The van der Waals surface area contributed by atoms with E-state index in [0.717, 1.165) is 60.0 Å². The van der Waals surface area contributed by atoms with Crippen LogP contribution in [0.25, 0.3) is 10.9 Å².